The summed E-state index contributed by atoms with van der Waals surface area (Å²) < 4.78 is 0. The first-order valence-electron chi connectivity index (χ1n) is 4.14. The molecule has 1 fully saturated rings. The SMILES string of the molecule is O=C1C(CO)C(O)C(O)C(CO)N1O. The number of hydroxylamine groups is 2. The van der Waals surface area contributed by atoms with Crippen molar-refractivity contribution >= 4 is 5.91 Å². The summed E-state index contributed by atoms with van der Waals surface area (Å²) >= 11 is 0. The van der Waals surface area contributed by atoms with Crippen molar-refractivity contribution in [2.24, 2.45) is 5.92 Å². The zero-order chi connectivity index (χ0) is 10.9. The lowest BCUT2D eigenvalue weighted by Gasteiger charge is -2.40. The van der Waals surface area contributed by atoms with Crippen LogP contribution in [-0.4, -0.2) is 68.1 Å². The summed E-state index contributed by atoms with van der Waals surface area (Å²) in [5.41, 5.74) is 0. The maximum absolute atomic E-state index is 11.2. The number of carbonyl (C=O) groups is 1. The Kier molecular flexibility index (Phi) is 3.40. The summed E-state index contributed by atoms with van der Waals surface area (Å²) in [6.45, 7) is -1.34. The molecule has 0 aromatic heterocycles. The quantitative estimate of drug-likeness (QED) is 0.306. The van der Waals surface area contributed by atoms with Crippen LogP contribution in [-0.2, 0) is 4.79 Å². The molecular weight excluding hydrogens is 194 g/mol. The molecule has 1 rings (SSSR count). The zero-order valence-electron chi connectivity index (χ0n) is 7.32. The maximum Gasteiger partial charge on any atom is 0.254 e. The molecule has 7 nitrogen and oxygen atoms in total. The molecule has 82 valence electrons. The van der Waals surface area contributed by atoms with Crippen LogP contribution in [0.3, 0.4) is 0 Å². The van der Waals surface area contributed by atoms with Crippen LogP contribution in [0.5, 0.6) is 0 Å². The molecule has 1 amide bonds. The van der Waals surface area contributed by atoms with Gasteiger partial charge in [0, 0.05) is 0 Å². The first kappa shape index (κ1) is 11.3. The summed E-state index contributed by atoms with van der Waals surface area (Å²) in [6.07, 6.45) is -2.95. The van der Waals surface area contributed by atoms with Crippen LogP contribution >= 0.6 is 0 Å². The molecule has 1 saturated heterocycles. The third-order valence-corrected chi connectivity index (χ3v) is 2.40. The van der Waals surface area contributed by atoms with Gasteiger partial charge in [-0.15, -0.1) is 0 Å². The molecule has 5 N–H and O–H groups in total. The zero-order valence-corrected chi connectivity index (χ0v) is 7.32. The predicted octanol–water partition coefficient (Wildman–Crippen LogP) is -3.09. The number of hydrogen-bond acceptors (Lipinski definition) is 6. The molecule has 0 saturated carbocycles. The van der Waals surface area contributed by atoms with Crippen LogP contribution in [0.15, 0.2) is 0 Å². The monoisotopic (exact) mass is 207 g/mol. The fraction of sp³-hybridized carbons (Fsp3) is 0.857. The van der Waals surface area contributed by atoms with Crippen LogP contribution in [0.25, 0.3) is 0 Å². The molecule has 4 atom stereocenters. The van der Waals surface area contributed by atoms with E-state index in [2.05, 4.69) is 0 Å². The number of rotatable bonds is 2. The molecule has 1 aliphatic rings. The molecule has 0 aromatic carbocycles. The number of aliphatic hydroxyl groups excluding tert-OH is 4. The normalized spacial score (nSPS) is 38.9. The molecule has 0 bridgehead atoms. The standard InChI is InChI=1S/C7H13NO6/c9-1-3-5(11)6(12)4(2-10)8(14)7(3)13/h3-6,9-12,14H,1-2H2. The Morgan fingerprint density at radius 3 is 2.14 bits per heavy atom. The van der Waals surface area contributed by atoms with E-state index in [4.69, 9.17) is 15.4 Å². The summed E-state index contributed by atoms with van der Waals surface area (Å²) in [6, 6.07) is -1.25. The molecule has 0 spiro atoms. The van der Waals surface area contributed by atoms with Gasteiger partial charge >= 0.3 is 0 Å². The van der Waals surface area contributed by atoms with E-state index in [0.29, 0.717) is 0 Å². The molecule has 14 heavy (non-hydrogen) atoms. The lowest BCUT2D eigenvalue weighted by molar-refractivity contribution is -0.227. The smallest absolute Gasteiger partial charge is 0.254 e. The maximum atomic E-state index is 11.2. The van der Waals surface area contributed by atoms with Crippen LogP contribution in [0, 0.1) is 5.92 Å². The fourth-order valence-corrected chi connectivity index (χ4v) is 1.46. The number of nitrogens with zero attached hydrogens (tertiary/aromatic N) is 1. The Morgan fingerprint density at radius 2 is 1.71 bits per heavy atom. The third-order valence-electron chi connectivity index (χ3n) is 2.40. The van der Waals surface area contributed by atoms with Crippen molar-refractivity contribution in [3.63, 3.8) is 0 Å². The van der Waals surface area contributed by atoms with E-state index in [-0.39, 0.29) is 5.06 Å². The van der Waals surface area contributed by atoms with Gasteiger partial charge in [-0.3, -0.25) is 10.0 Å². The summed E-state index contributed by atoms with van der Waals surface area (Å²) in [4.78, 5) is 11.2. The second kappa shape index (κ2) is 4.20. The van der Waals surface area contributed by atoms with E-state index >= 15 is 0 Å². The van der Waals surface area contributed by atoms with Crippen LogP contribution in [0.1, 0.15) is 0 Å². The van der Waals surface area contributed by atoms with E-state index in [1.807, 2.05) is 0 Å². The largest absolute Gasteiger partial charge is 0.395 e. The lowest BCUT2D eigenvalue weighted by atomic mass is 9.88. The Labute approximate surface area is 79.8 Å². The van der Waals surface area contributed by atoms with E-state index in [1.54, 1.807) is 0 Å². The third kappa shape index (κ3) is 1.60. The van der Waals surface area contributed by atoms with Gasteiger partial charge < -0.3 is 20.4 Å². The van der Waals surface area contributed by atoms with Crippen molar-refractivity contribution in [3.8, 4) is 0 Å². The van der Waals surface area contributed by atoms with Crippen LogP contribution in [0.2, 0.25) is 0 Å². The number of amides is 1. The van der Waals surface area contributed by atoms with Crippen LogP contribution < -0.4 is 0 Å². The van der Waals surface area contributed by atoms with Gasteiger partial charge in [-0.25, -0.2) is 5.06 Å². The van der Waals surface area contributed by atoms with Gasteiger partial charge in [0.25, 0.3) is 5.91 Å². The highest BCUT2D eigenvalue weighted by molar-refractivity contribution is 5.80. The van der Waals surface area contributed by atoms with Crippen molar-refractivity contribution in [2.45, 2.75) is 18.2 Å². The minimum Gasteiger partial charge on any atom is -0.395 e. The molecule has 4 unspecified atom stereocenters. The first-order valence-corrected chi connectivity index (χ1v) is 4.14. The highest BCUT2D eigenvalue weighted by atomic mass is 16.5. The second-order valence-corrected chi connectivity index (χ2v) is 3.20. The van der Waals surface area contributed by atoms with E-state index in [0.717, 1.165) is 0 Å². The van der Waals surface area contributed by atoms with Gasteiger partial charge in [-0.05, 0) is 0 Å². The summed E-state index contributed by atoms with van der Waals surface area (Å²) in [5.74, 6) is -2.16. The minimum absolute atomic E-state index is 0.151. The molecule has 1 heterocycles. The summed E-state index contributed by atoms with van der Waals surface area (Å²) in [7, 11) is 0. The van der Waals surface area contributed by atoms with Gasteiger partial charge in [-0.1, -0.05) is 0 Å². The Hall–Kier alpha value is -0.730. The average Bonchev–Trinajstić information content (AvgIpc) is 2.17. The fourth-order valence-electron chi connectivity index (χ4n) is 1.46. The van der Waals surface area contributed by atoms with Crippen molar-refractivity contribution in [1.29, 1.82) is 0 Å². The number of aliphatic hydroxyl groups is 4. The number of carbonyl (C=O) groups excluding carboxylic acids is 1. The minimum atomic E-state index is -1.48. The highest BCUT2D eigenvalue weighted by Gasteiger charge is 2.46. The molecule has 0 aromatic rings. The van der Waals surface area contributed by atoms with Crippen molar-refractivity contribution in [2.75, 3.05) is 13.2 Å². The molecule has 0 aliphatic carbocycles. The predicted molar refractivity (Wildman–Crippen MR) is 42.1 cm³/mol. The van der Waals surface area contributed by atoms with Crippen molar-refractivity contribution in [3.05, 3.63) is 0 Å². The van der Waals surface area contributed by atoms with Gasteiger partial charge in [0.2, 0.25) is 0 Å². The van der Waals surface area contributed by atoms with Crippen molar-refractivity contribution in [1.82, 2.24) is 5.06 Å². The highest BCUT2D eigenvalue weighted by Crippen LogP contribution is 2.22. The van der Waals surface area contributed by atoms with Gasteiger partial charge in [0.05, 0.1) is 25.2 Å². The Morgan fingerprint density at radius 1 is 1.14 bits per heavy atom. The lowest BCUT2D eigenvalue weighted by Crippen LogP contribution is -2.62. The van der Waals surface area contributed by atoms with Crippen molar-refractivity contribution < 1.29 is 30.4 Å². The van der Waals surface area contributed by atoms with Gasteiger partial charge in [-0.2, -0.15) is 0 Å². The molecule has 0 radical (unpaired) electrons. The number of hydrogen-bond donors (Lipinski definition) is 5. The van der Waals surface area contributed by atoms with E-state index < -0.39 is 43.3 Å². The van der Waals surface area contributed by atoms with E-state index in [1.165, 1.54) is 0 Å². The number of piperidine rings is 1. The van der Waals surface area contributed by atoms with Gasteiger partial charge in [0.15, 0.2) is 0 Å². The molecular formula is C7H13NO6. The average molecular weight is 207 g/mol. The molecule has 7 heteroatoms. The Bertz CT molecular complexity index is 222. The Balaban J connectivity index is 2.87. The van der Waals surface area contributed by atoms with E-state index in [9.17, 15) is 15.0 Å². The first-order chi connectivity index (χ1) is 6.54. The molecule has 1 aliphatic heterocycles. The second-order valence-electron chi connectivity index (χ2n) is 3.20. The summed E-state index contributed by atoms with van der Waals surface area (Å²) in [5, 5.41) is 45.5. The van der Waals surface area contributed by atoms with Crippen LogP contribution in [0.4, 0.5) is 0 Å². The van der Waals surface area contributed by atoms with Gasteiger partial charge in [0.1, 0.15) is 12.1 Å². The topological polar surface area (TPSA) is 121 Å².